The summed E-state index contributed by atoms with van der Waals surface area (Å²) in [7, 11) is 0. The van der Waals surface area contributed by atoms with E-state index >= 15 is 0 Å². The van der Waals surface area contributed by atoms with Crippen LogP contribution in [-0.2, 0) is 0 Å². The monoisotopic (exact) mass is 281 g/mol. The average Bonchev–Trinajstić information content (AvgIpc) is 2.37. The number of hydrogen-bond acceptors (Lipinski definition) is 1. The summed E-state index contributed by atoms with van der Waals surface area (Å²) < 4.78 is 12.4. The third kappa shape index (κ3) is 13.1. The molecule has 0 aliphatic carbocycles. The summed E-state index contributed by atoms with van der Waals surface area (Å²) in [6.07, 6.45) is 7.27. The van der Waals surface area contributed by atoms with E-state index in [2.05, 4.69) is 27.4 Å². The number of allylic oxidation sites excluding steroid dienone is 1. The molecule has 0 aliphatic rings. The highest BCUT2D eigenvalue weighted by Gasteiger charge is 1.95. The smallest absolute Gasteiger partial charge is 0.126 e. The van der Waals surface area contributed by atoms with Crippen LogP contribution in [0.3, 0.4) is 0 Å². The summed E-state index contributed by atoms with van der Waals surface area (Å²) >= 11 is 0. The van der Waals surface area contributed by atoms with Crippen molar-refractivity contribution < 1.29 is 4.39 Å². The van der Waals surface area contributed by atoms with E-state index in [0.717, 1.165) is 5.92 Å². The van der Waals surface area contributed by atoms with Crippen molar-refractivity contribution in [1.29, 1.82) is 0 Å². The molecule has 116 valence electrons. The second-order valence-electron chi connectivity index (χ2n) is 5.10. The number of halogens is 1. The van der Waals surface area contributed by atoms with E-state index in [4.69, 9.17) is 5.73 Å². The van der Waals surface area contributed by atoms with Crippen molar-refractivity contribution in [2.75, 3.05) is 5.73 Å². The van der Waals surface area contributed by atoms with E-state index in [0.29, 0.717) is 11.3 Å². The molecular weight excluding hydrogens is 249 g/mol. The Morgan fingerprint density at radius 2 is 1.70 bits per heavy atom. The van der Waals surface area contributed by atoms with Crippen molar-refractivity contribution in [2.45, 2.75) is 60.3 Å². The highest BCUT2D eigenvalue weighted by atomic mass is 19.1. The summed E-state index contributed by atoms with van der Waals surface area (Å²) in [5.74, 6) is 0.759. The topological polar surface area (TPSA) is 26.0 Å². The minimum atomic E-state index is -0.204. The first-order chi connectivity index (χ1) is 9.42. The predicted octanol–water partition coefficient (Wildman–Crippen LogP) is 6.13. The summed E-state index contributed by atoms with van der Waals surface area (Å²) in [5, 5.41) is 0. The van der Waals surface area contributed by atoms with Crippen LogP contribution in [0.2, 0.25) is 0 Å². The number of hydrogen-bond donors (Lipinski definition) is 1. The lowest BCUT2D eigenvalue weighted by atomic mass is 10.0. The van der Waals surface area contributed by atoms with Gasteiger partial charge in [0.1, 0.15) is 5.82 Å². The molecule has 0 atom stereocenters. The summed E-state index contributed by atoms with van der Waals surface area (Å²) in [6, 6.07) is 4.52. The van der Waals surface area contributed by atoms with Crippen LogP contribution < -0.4 is 5.73 Å². The quantitative estimate of drug-likeness (QED) is 0.521. The maximum absolute atomic E-state index is 12.4. The van der Waals surface area contributed by atoms with Gasteiger partial charge in [-0.1, -0.05) is 52.5 Å². The lowest BCUT2D eigenvalue weighted by Crippen LogP contribution is -1.91. The van der Waals surface area contributed by atoms with Gasteiger partial charge >= 0.3 is 0 Å². The SMILES string of the molecule is C=CC.CCCC(C)CCC.Cc1cc(N)ccc1F. The van der Waals surface area contributed by atoms with Crippen LogP contribution in [0.5, 0.6) is 0 Å². The second kappa shape index (κ2) is 14.1. The second-order valence-corrected chi connectivity index (χ2v) is 5.10. The molecule has 1 aromatic rings. The Labute approximate surface area is 125 Å². The number of nitrogen functional groups attached to an aromatic ring is 1. The minimum Gasteiger partial charge on any atom is -0.399 e. The van der Waals surface area contributed by atoms with Crippen LogP contribution in [0.1, 0.15) is 58.9 Å². The highest BCUT2D eigenvalue weighted by Crippen LogP contribution is 2.11. The zero-order chi connectivity index (χ0) is 16.0. The minimum absolute atomic E-state index is 0.204. The summed E-state index contributed by atoms with van der Waals surface area (Å²) in [5.41, 5.74) is 6.56. The lowest BCUT2D eigenvalue weighted by Gasteiger charge is -2.05. The molecule has 0 saturated heterocycles. The summed E-state index contributed by atoms with van der Waals surface area (Å²) in [4.78, 5) is 0. The molecule has 0 bridgehead atoms. The van der Waals surface area contributed by atoms with Gasteiger partial charge in [0.15, 0.2) is 0 Å². The molecule has 0 unspecified atom stereocenters. The van der Waals surface area contributed by atoms with E-state index in [1.165, 1.54) is 31.7 Å². The van der Waals surface area contributed by atoms with E-state index < -0.39 is 0 Å². The Morgan fingerprint density at radius 1 is 1.25 bits per heavy atom. The molecule has 0 radical (unpaired) electrons. The molecule has 1 rings (SSSR count). The standard InChI is InChI=1S/C8H18.C7H8FN.C3H6/c1-4-6-8(3)7-5-2;1-5-4-6(9)2-3-7(5)8;1-3-2/h8H,4-7H2,1-3H3;2-4H,9H2,1H3;3H,1H2,2H3. The van der Waals surface area contributed by atoms with E-state index in [-0.39, 0.29) is 5.82 Å². The van der Waals surface area contributed by atoms with Gasteiger partial charge in [0.2, 0.25) is 0 Å². The predicted molar refractivity (Wildman–Crippen MR) is 90.4 cm³/mol. The molecule has 0 aromatic heterocycles. The first kappa shape index (κ1) is 21.0. The molecule has 0 saturated carbocycles. The lowest BCUT2D eigenvalue weighted by molar-refractivity contribution is 0.480. The van der Waals surface area contributed by atoms with Crippen LogP contribution in [0.15, 0.2) is 30.9 Å². The van der Waals surface area contributed by atoms with Crippen molar-refractivity contribution in [2.24, 2.45) is 5.92 Å². The fraction of sp³-hybridized carbons (Fsp3) is 0.556. The molecule has 1 nitrogen and oxygen atoms in total. The van der Waals surface area contributed by atoms with Gasteiger partial charge in [-0.2, -0.15) is 0 Å². The zero-order valence-corrected chi connectivity index (χ0v) is 13.9. The van der Waals surface area contributed by atoms with Crippen molar-refractivity contribution in [3.05, 3.63) is 42.2 Å². The van der Waals surface area contributed by atoms with Gasteiger partial charge in [-0.25, -0.2) is 4.39 Å². The Kier molecular flexibility index (Phi) is 14.8. The number of aryl methyl sites for hydroxylation is 1. The van der Waals surface area contributed by atoms with Crippen molar-refractivity contribution >= 4 is 5.69 Å². The third-order valence-electron chi connectivity index (χ3n) is 2.74. The molecular formula is C18H32FN. The normalized spacial score (nSPS) is 9.15. The van der Waals surface area contributed by atoms with Gasteiger partial charge in [0.05, 0.1) is 0 Å². The Hall–Kier alpha value is -1.31. The number of anilines is 1. The third-order valence-corrected chi connectivity index (χ3v) is 2.74. The number of nitrogens with two attached hydrogens (primary N) is 1. The van der Waals surface area contributed by atoms with Crippen LogP contribution in [0.4, 0.5) is 10.1 Å². The molecule has 0 aliphatic heterocycles. The number of rotatable bonds is 4. The fourth-order valence-corrected chi connectivity index (χ4v) is 1.80. The van der Waals surface area contributed by atoms with E-state index in [1.54, 1.807) is 25.1 Å². The van der Waals surface area contributed by atoms with E-state index in [9.17, 15) is 4.39 Å². The Morgan fingerprint density at radius 3 is 2.00 bits per heavy atom. The number of benzene rings is 1. The van der Waals surface area contributed by atoms with Gasteiger partial charge in [-0.3, -0.25) is 0 Å². The van der Waals surface area contributed by atoms with Gasteiger partial charge < -0.3 is 5.73 Å². The molecule has 0 amide bonds. The van der Waals surface area contributed by atoms with Gasteiger partial charge in [-0.15, -0.1) is 6.58 Å². The highest BCUT2D eigenvalue weighted by molar-refractivity contribution is 5.40. The van der Waals surface area contributed by atoms with Crippen LogP contribution in [0.25, 0.3) is 0 Å². The van der Waals surface area contributed by atoms with Crippen LogP contribution in [-0.4, -0.2) is 0 Å². The van der Waals surface area contributed by atoms with E-state index in [1.807, 2.05) is 6.92 Å². The fourth-order valence-electron chi connectivity index (χ4n) is 1.80. The summed E-state index contributed by atoms with van der Waals surface area (Å²) in [6.45, 7) is 13.8. The molecule has 0 fully saturated rings. The zero-order valence-electron chi connectivity index (χ0n) is 13.9. The van der Waals surface area contributed by atoms with Crippen molar-refractivity contribution in [3.63, 3.8) is 0 Å². The molecule has 20 heavy (non-hydrogen) atoms. The van der Waals surface area contributed by atoms with Crippen molar-refractivity contribution in [3.8, 4) is 0 Å². The van der Waals surface area contributed by atoms with Crippen molar-refractivity contribution in [1.82, 2.24) is 0 Å². The molecule has 2 N–H and O–H groups in total. The Bertz CT molecular complexity index is 341. The first-order valence-electron chi connectivity index (χ1n) is 7.51. The largest absolute Gasteiger partial charge is 0.399 e. The molecule has 1 aromatic carbocycles. The Balaban J connectivity index is 0. The van der Waals surface area contributed by atoms with Crippen LogP contribution >= 0.6 is 0 Å². The molecule has 0 spiro atoms. The maximum atomic E-state index is 12.4. The van der Waals surface area contributed by atoms with Gasteiger partial charge in [0.25, 0.3) is 0 Å². The van der Waals surface area contributed by atoms with Crippen LogP contribution in [0, 0.1) is 18.7 Å². The average molecular weight is 281 g/mol. The molecule has 0 heterocycles. The maximum Gasteiger partial charge on any atom is 0.126 e. The van der Waals surface area contributed by atoms with Gasteiger partial charge in [0, 0.05) is 5.69 Å². The molecule has 2 heteroatoms. The van der Waals surface area contributed by atoms with Gasteiger partial charge in [-0.05, 0) is 43.5 Å². The first-order valence-corrected chi connectivity index (χ1v) is 7.51.